The summed E-state index contributed by atoms with van der Waals surface area (Å²) in [5, 5.41) is 0. The monoisotopic (exact) mass is 237 g/mol. The lowest BCUT2D eigenvalue weighted by Gasteiger charge is -2.22. The molecule has 0 atom stereocenters. The summed E-state index contributed by atoms with van der Waals surface area (Å²) in [6.45, 7) is 0.505. The number of nitrogens with zero attached hydrogens (tertiary/aromatic N) is 5. The van der Waals surface area contributed by atoms with Crippen LogP contribution < -0.4 is 4.74 Å². The number of hydrogen-bond donors (Lipinski definition) is 0. The number of methoxy groups -OCH3 is 1. The Morgan fingerprint density at radius 2 is 1.94 bits per heavy atom. The summed E-state index contributed by atoms with van der Waals surface area (Å²) < 4.78 is 4.97. The van der Waals surface area contributed by atoms with Gasteiger partial charge in [0.15, 0.2) is 5.96 Å². The maximum Gasteiger partial charge on any atom is 0.316 e. The van der Waals surface area contributed by atoms with E-state index in [-0.39, 0.29) is 0 Å². The molecule has 0 aliphatic rings. The molecule has 0 spiro atoms. The highest BCUT2D eigenvalue weighted by atomic mass is 16.5. The van der Waals surface area contributed by atoms with E-state index in [0.717, 1.165) is 11.7 Å². The van der Waals surface area contributed by atoms with E-state index in [1.807, 2.05) is 44.1 Å². The van der Waals surface area contributed by atoms with Gasteiger partial charge in [-0.25, -0.2) is 9.98 Å². The summed E-state index contributed by atoms with van der Waals surface area (Å²) in [7, 11) is 9.38. The van der Waals surface area contributed by atoms with Gasteiger partial charge in [-0.15, -0.1) is 0 Å². The van der Waals surface area contributed by atoms with Crippen LogP contribution >= 0.6 is 0 Å². The number of guanidine groups is 1. The molecule has 94 valence electrons. The largest absolute Gasteiger partial charge is 0.467 e. The van der Waals surface area contributed by atoms with Gasteiger partial charge in [0.1, 0.15) is 0 Å². The summed E-state index contributed by atoms with van der Waals surface area (Å²) in [5.74, 6) is 0.891. The molecule has 0 saturated carbocycles. The number of ether oxygens (including phenoxy) is 1. The van der Waals surface area contributed by atoms with Gasteiger partial charge < -0.3 is 14.5 Å². The third-order valence-corrected chi connectivity index (χ3v) is 2.06. The van der Waals surface area contributed by atoms with Gasteiger partial charge in [-0.2, -0.15) is 4.98 Å². The molecule has 1 aromatic rings. The summed E-state index contributed by atoms with van der Waals surface area (Å²) in [6.07, 6.45) is 1.67. The number of aromatic nitrogens is 2. The van der Waals surface area contributed by atoms with Gasteiger partial charge in [0.25, 0.3) is 0 Å². The van der Waals surface area contributed by atoms with Crippen LogP contribution in [0.2, 0.25) is 0 Å². The molecule has 0 radical (unpaired) electrons. The second-order valence-corrected chi connectivity index (χ2v) is 3.94. The van der Waals surface area contributed by atoms with Crippen molar-refractivity contribution in [2.45, 2.75) is 6.54 Å². The first kappa shape index (κ1) is 13.2. The molecular weight excluding hydrogens is 218 g/mol. The fourth-order valence-electron chi connectivity index (χ4n) is 1.40. The Labute approximate surface area is 102 Å². The lowest BCUT2D eigenvalue weighted by atomic mass is 10.4. The van der Waals surface area contributed by atoms with Crippen molar-refractivity contribution >= 4 is 5.96 Å². The molecular formula is C11H19N5O. The molecule has 0 unspecified atom stereocenters. The predicted octanol–water partition coefficient (Wildman–Crippen LogP) is 0.464. The predicted molar refractivity (Wildman–Crippen MR) is 67.1 cm³/mol. The highest BCUT2D eigenvalue weighted by molar-refractivity contribution is 5.79. The van der Waals surface area contributed by atoms with Crippen LogP contribution in [0.5, 0.6) is 6.01 Å². The highest BCUT2D eigenvalue weighted by Crippen LogP contribution is 2.04. The minimum Gasteiger partial charge on any atom is -0.467 e. The summed E-state index contributed by atoms with van der Waals surface area (Å²) in [4.78, 5) is 16.6. The molecule has 0 saturated heterocycles. The smallest absolute Gasteiger partial charge is 0.316 e. The quantitative estimate of drug-likeness (QED) is 0.565. The summed E-state index contributed by atoms with van der Waals surface area (Å²) >= 11 is 0. The van der Waals surface area contributed by atoms with E-state index in [1.165, 1.54) is 0 Å². The zero-order chi connectivity index (χ0) is 12.8. The highest BCUT2D eigenvalue weighted by Gasteiger charge is 2.04. The molecule has 0 aliphatic heterocycles. The second-order valence-electron chi connectivity index (χ2n) is 3.94. The number of aliphatic imine (C=N–C) groups is 1. The molecule has 0 fully saturated rings. The van der Waals surface area contributed by atoms with Crippen molar-refractivity contribution < 1.29 is 4.74 Å². The second kappa shape index (κ2) is 6.03. The van der Waals surface area contributed by atoms with Gasteiger partial charge in [0, 0.05) is 34.4 Å². The van der Waals surface area contributed by atoms with Crippen molar-refractivity contribution in [2.24, 2.45) is 4.99 Å². The average molecular weight is 237 g/mol. The van der Waals surface area contributed by atoms with Gasteiger partial charge >= 0.3 is 6.01 Å². The Hall–Kier alpha value is -1.85. The summed E-state index contributed by atoms with van der Waals surface area (Å²) in [5.41, 5.74) is 0.832. The first-order chi connectivity index (χ1) is 8.04. The van der Waals surface area contributed by atoms with Gasteiger partial charge in [-0.1, -0.05) is 0 Å². The minimum absolute atomic E-state index is 0.369. The minimum atomic E-state index is 0.369. The van der Waals surface area contributed by atoms with Gasteiger partial charge in [-0.3, -0.25) is 0 Å². The van der Waals surface area contributed by atoms with Gasteiger partial charge in [0.2, 0.25) is 0 Å². The normalized spacial score (nSPS) is 9.71. The Morgan fingerprint density at radius 3 is 2.47 bits per heavy atom. The molecule has 0 amide bonds. The van der Waals surface area contributed by atoms with E-state index in [9.17, 15) is 0 Å². The standard InChI is InChI=1S/C11H19N5O/c1-15(2)11(16(3)4)13-8-9-6-7-12-10(14-9)17-5/h6-7H,8H2,1-5H3. The van der Waals surface area contributed by atoms with Crippen LogP contribution in [-0.2, 0) is 6.54 Å². The molecule has 6 nitrogen and oxygen atoms in total. The molecule has 17 heavy (non-hydrogen) atoms. The van der Waals surface area contributed by atoms with Crippen molar-refractivity contribution in [3.63, 3.8) is 0 Å². The fraction of sp³-hybridized carbons (Fsp3) is 0.545. The van der Waals surface area contributed by atoms with Gasteiger partial charge in [-0.05, 0) is 6.07 Å². The fourth-order valence-corrected chi connectivity index (χ4v) is 1.40. The molecule has 0 aromatic carbocycles. The van der Waals surface area contributed by atoms with Crippen LogP contribution in [0, 0.1) is 0 Å². The molecule has 1 rings (SSSR count). The summed E-state index contributed by atoms with van der Waals surface area (Å²) in [6, 6.07) is 2.20. The third-order valence-electron chi connectivity index (χ3n) is 2.06. The molecule has 0 N–H and O–H groups in total. The SMILES string of the molecule is COc1nccc(CN=C(N(C)C)N(C)C)n1. The topological polar surface area (TPSA) is 53.9 Å². The van der Waals surface area contributed by atoms with E-state index in [0.29, 0.717) is 12.6 Å². The van der Waals surface area contributed by atoms with E-state index in [2.05, 4.69) is 15.0 Å². The van der Waals surface area contributed by atoms with Crippen LogP contribution in [0.3, 0.4) is 0 Å². The molecule has 1 heterocycles. The first-order valence-electron chi connectivity index (χ1n) is 5.29. The van der Waals surface area contributed by atoms with Crippen LogP contribution in [-0.4, -0.2) is 61.0 Å². The van der Waals surface area contributed by atoms with Crippen LogP contribution in [0.25, 0.3) is 0 Å². The Morgan fingerprint density at radius 1 is 1.29 bits per heavy atom. The van der Waals surface area contributed by atoms with E-state index >= 15 is 0 Å². The average Bonchev–Trinajstić information content (AvgIpc) is 2.28. The maximum atomic E-state index is 4.97. The van der Waals surface area contributed by atoms with Crippen LogP contribution in [0.15, 0.2) is 17.3 Å². The molecule has 1 aromatic heterocycles. The number of rotatable bonds is 3. The van der Waals surface area contributed by atoms with Crippen molar-refractivity contribution in [1.29, 1.82) is 0 Å². The lowest BCUT2D eigenvalue weighted by Crippen LogP contribution is -2.35. The van der Waals surface area contributed by atoms with Gasteiger partial charge in [0.05, 0.1) is 19.3 Å². The molecule has 0 aliphatic carbocycles. The van der Waals surface area contributed by atoms with Crippen molar-refractivity contribution in [3.8, 4) is 6.01 Å². The molecule has 6 heteroatoms. The first-order valence-corrected chi connectivity index (χ1v) is 5.29. The Kier molecular flexibility index (Phi) is 4.68. The van der Waals surface area contributed by atoms with Crippen LogP contribution in [0.4, 0.5) is 0 Å². The number of hydrogen-bond acceptors (Lipinski definition) is 4. The van der Waals surface area contributed by atoms with E-state index in [1.54, 1.807) is 13.3 Å². The third kappa shape index (κ3) is 3.90. The zero-order valence-electron chi connectivity index (χ0n) is 11.0. The Balaban J connectivity index is 2.79. The van der Waals surface area contributed by atoms with E-state index < -0.39 is 0 Å². The zero-order valence-corrected chi connectivity index (χ0v) is 11.0. The Bertz CT molecular complexity index is 379. The van der Waals surface area contributed by atoms with E-state index in [4.69, 9.17) is 4.74 Å². The maximum absolute atomic E-state index is 4.97. The van der Waals surface area contributed by atoms with Crippen molar-refractivity contribution in [3.05, 3.63) is 18.0 Å². The van der Waals surface area contributed by atoms with Crippen molar-refractivity contribution in [1.82, 2.24) is 19.8 Å². The molecule has 0 bridgehead atoms. The van der Waals surface area contributed by atoms with Crippen LogP contribution in [0.1, 0.15) is 5.69 Å². The lowest BCUT2D eigenvalue weighted by molar-refractivity contribution is 0.378. The van der Waals surface area contributed by atoms with Crippen molar-refractivity contribution in [2.75, 3.05) is 35.3 Å².